The van der Waals surface area contributed by atoms with Gasteiger partial charge in [0.2, 0.25) is 0 Å². The molecule has 1 atom stereocenters. The smallest absolute Gasteiger partial charge is 0.257 e. The number of hydrogen-bond donors (Lipinski definition) is 1. The number of hydrogen-bond acceptors (Lipinski definition) is 3. The first-order valence-corrected chi connectivity index (χ1v) is 4.88. The molecule has 1 aliphatic heterocycles. The molecule has 1 heterocycles. The van der Waals surface area contributed by atoms with Gasteiger partial charge in [-0.3, -0.25) is 4.79 Å². The zero-order chi connectivity index (χ0) is 10.8. The Hall–Kier alpha value is -1.68. The molecule has 2 rings (SSSR count). The maximum atomic E-state index is 11.9. The van der Waals surface area contributed by atoms with E-state index in [9.17, 15) is 4.79 Å². The van der Waals surface area contributed by atoms with E-state index in [-0.39, 0.29) is 11.8 Å². The Morgan fingerprint density at radius 2 is 2.07 bits per heavy atom. The summed E-state index contributed by atoms with van der Waals surface area (Å²) in [4.78, 5) is 11.9. The summed E-state index contributed by atoms with van der Waals surface area (Å²) in [6.07, 6.45) is 0. The Labute approximate surface area is 88.4 Å². The third-order valence-electron chi connectivity index (χ3n) is 2.51. The minimum atomic E-state index is -0.259. The van der Waals surface area contributed by atoms with Crippen LogP contribution in [-0.2, 0) is 4.79 Å². The highest BCUT2D eigenvalue weighted by molar-refractivity contribution is 6.14. The average molecular weight is 203 g/mol. The maximum absolute atomic E-state index is 11.9. The summed E-state index contributed by atoms with van der Waals surface area (Å²) < 4.78 is 0. The largest absolute Gasteiger partial charge is 0.329 e. The third kappa shape index (κ3) is 1.64. The molecule has 0 saturated heterocycles. The van der Waals surface area contributed by atoms with Crippen LogP contribution in [0.15, 0.2) is 35.4 Å². The SMILES string of the molecule is CC1=NN(c2ccccc2)C(=O)C1CN. The first kappa shape index (κ1) is 9.86. The summed E-state index contributed by atoms with van der Waals surface area (Å²) in [5.74, 6) is -0.300. The van der Waals surface area contributed by atoms with E-state index in [1.807, 2.05) is 37.3 Å². The van der Waals surface area contributed by atoms with Crippen LogP contribution < -0.4 is 10.7 Å². The zero-order valence-corrected chi connectivity index (χ0v) is 8.55. The van der Waals surface area contributed by atoms with Gasteiger partial charge in [-0.05, 0) is 19.1 Å². The summed E-state index contributed by atoms with van der Waals surface area (Å²) in [5, 5.41) is 5.64. The number of nitrogens with two attached hydrogens (primary N) is 1. The van der Waals surface area contributed by atoms with E-state index in [1.54, 1.807) is 0 Å². The van der Waals surface area contributed by atoms with E-state index in [1.165, 1.54) is 5.01 Å². The normalized spacial score (nSPS) is 20.7. The Morgan fingerprint density at radius 3 is 2.60 bits per heavy atom. The van der Waals surface area contributed by atoms with Crippen molar-refractivity contribution in [1.82, 2.24) is 0 Å². The fourth-order valence-electron chi connectivity index (χ4n) is 1.63. The summed E-state index contributed by atoms with van der Waals surface area (Å²) in [5.41, 5.74) is 7.10. The fourth-order valence-corrected chi connectivity index (χ4v) is 1.63. The molecular weight excluding hydrogens is 190 g/mol. The van der Waals surface area contributed by atoms with Crippen LogP contribution in [0.25, 0.3) is 0 Å². The predicted molar refractivity (Wildman–Crippen MR) is 59.6 cm³/mol. The van der Waals surface area contributed by atoms with Gasteiger partial charge in [-0.15, -0.1) is 0 Å². The van der Waals surface area contributed by atoms with Crippen molar-refractivity contribution in [3.05, 3.63) is 30.3 Å². The number of carbonyl (C=O) groups is 1. The first-order chi connectivity index (χ1) is 7.24. The highest BCUT2D eigenvalue weighted by atomic mass is 16.2. The van der Waals surface area contributed by atoms with Crippen molar-refractivity contribution in [3.63, 3.8) is 0 Å². The Morgan fingerprint density at radius 1 is 1.40 bits per heavy atom. The number of benzene rings is 1. The highest BCUT2D eigenvalue weighted by Gasteiger charge is 2.32. The van der Waals surface area contributed by atoms with Gasteiger partial charge in [0.25, 0.3) is 5.91 Å². The lowest BCUT2D eigenvalue weighted by Crippen LogP contribution is -2.32. The number of carbonyl (C=O) groups excluding carboxylic acids is 1. The Balaban J connectivity index is 2.31. The van der Waals surface area contributed by atoms with Crippen LogP contribution >= 0.6 is 0 Å². The molecule has 1 aromatic rings. The van der Waals surface area contributed by atoms with Crippen molar-refractivity contribution in [2.75, 3.05) is 11.6 Å². The number of hydrazone groups is 1. The van der Waals surface area contributed by atoms with Crippen LogP contribution in [0.2, 0.25) is 0 Å². The molecule has 0 fully saturated rings. The molecule has 1 aliphatic rings. The molecule has 4 nitrogen and oxygen atoms in total. The molecule has 4 heteroatoms. The molecule has 1 aromatic carbocycles. The van der Waals surface area contributed by atoms with Crippen LogP contribution in [0.4, 0.5) is 5.69 Å². The van der Waals surface area contributed by atoms with Gasteiger partial charge < -0.3 is 5.73 Å². The minimum absolute atomic E-state index is 0.0406. The lowest BCUT2D eigenvalue weighted by molar-refractivity contribution is -0.119. The van der Waals surface area contributed by atoms with E-state index in [0.717, 1.165) is 11.4 Å². The quantitative estimate of drug-likeness (QED) is 0.779. The van der Waals surface area contributed by atoms with Gasteiger partial charge in [-0.2, -0.15) is 5.10 Å². The van der Waals surface area contributed by atoms with Crippen LogP contribution in [0.5, 0.6) is 0 Å². The Kier molecular flexibility index (Phi) is 2.51. The van der Waals surface area contributed by atoms with Crippen molar-refractivity contribution in [1.29, 1.82) is 0 Å². The topological polar surface area (TPSA) is 58.7 Å². The second kappa shape index (κ2) is 3.82. The van der Waals surface area contributed by atoms with Gasteiger partial charge in [0, 0.05) is 12.3 Å². The molecule has 15 heavy (non-hydrogen) atoms. The average Bonchev–Trinajstić information content (AvgIpc) is 2.55. The van der Waals surface area contributed by atoms with Crippen LogP contribution in [0, 0.1) is 5.92 Å². The van der Waals surface area contributed by atoms with E-state index in [2.05, 4.69) is 5.10 Å². The molecule has 2 N–H and O–H groups in total. The van der Waals surface area contributed by atoms with Gasteiger partial charge in [-0.25, -0.2) is 5.01 Å². The first-order valence-electron chi connectivity index (χ1n) is 4.88. The molecule has 1 unspecified atom stereocenters. The predicted octanol–water partition coefficient (Wildman–Crippen LogP) is 0.984. The molecule has 0 spiro atoms. The van der Waals surface area contributed by atoms with Crippen molar-refractivity contribution < 1.29 is 4.79 Å². The van der Waals surface area contributed by atoms with Crippen molar-refractivity contribution in [2.24, 2.45) is 16.8 Å². The van der Waals surface area contributed by atoms with Gasteiger partial charge in [0.15, 0.2) is 0 Å². The fraction of sp³-hybridized carbons (Fsp3) is 0.273. The minimum Gasteiger partial charge on any atom is -0.329 e. The van der Waals surface area contributed by atoms with Crippen molar-refractivity contribution >= 4 is 17.3 Å². The van der Waals surface area contributed by atoms with Crippen LogP contribution in [0.3, 0.4) is 0 Å². The molecule has 0 radical (unpaired) electrons. The number of para-hydroxylation sites is 1. The lowest BCUT2D eigenvalue weighted by Gasteiger charge is -2.12. The van der Waals surface area contributed by atoms with E-state index in [4.69, 9.17) is 5.73 Å². The number of amides is 1. The third-order valence-corrected chi connectivity index (χ3v) is 2.51. The second-order valence-corrected chi connectivity index (χ2v) is 3.52. The monoisotopic (exact) mass is 203 g/mol. The van der Waals surface area contributed by atoms with Gasteiger partial charge in [0.05, 0.1) is 11.6 Å². The van der Waals surface area contributed by atoms with Crippen molar-refractivity contribution in [2.45, 2.75) is 6.92 Å². The second-order valence-electron chi connectivity index (χ2n) is 3.52. The summed E-state index contributed by atoms with van der Waals surface area (Å²) in [6.45, 7) is 2.15. The number of rotatable bonds is 2. The maximum Gasteiger partial charge on any atom is 0.257 e. The summed E-state index contributed by atoms with van der Waals surface area (Å²) in [7, 11) is 0. The Bertz CT molecular complexity index is 400. The molecule has 0 aliphatic carbocycles. The lowest BCUT2D eigenvalue weighted by atomic mass is 10.1. The van der Waals surface area contributed by atoms with Crippen molar-refractivity contribution in [3.8, 4) is 0 Å². The summed E-state index contributed by atoms with van der Waals surface area (Å²) >= 11 is 0. The van der Waals surface area contributed by atoms with E-state index >= 15 is 0 Å². The van der Waals surface area contributed by atoms with E-state index in [0.29, 0.717) is 6.54 Å². The number of nitrogens with zero attached hydrogens (tertiary/aromatic N) is 2. The standard InChI is InChI=1S/C11H13N3O/c1-8-10(7-12)11(15)14(13-8)9-5-3-2-4-6-9/h2-6,10H,7,12H2,1H3. The summed E-state index contributed by atoms with van der Waals surface area (Å²) in [6, 6.07) is 9.37. The highest BCUT2D eigenvalue weighted by Crippen LogP contribution is 2.22. The molecule has 0 saturated carbocycles. The molecule has 78 valence electrons. The molecular formula is C11H13N3O. The van der Waals surface area contributed by atoms with Crippen LogP contribution in [0.1, 0.15) is 6.92 Å². The van der Waals surface area contributed by atoms with Gasteiger partial charge in [0.1, 0.15) is 0 Å². The van der Waals surface area contributed by atoms with Gasteiger partial charge in [-0.1, -0.05) is 18.2 Å². The number of anilines is 1. The molecule has 0 aromatic heterocycles. The molecule has 0 bridgehead atoms. The molecule has 1 amide bonds. The van der Waals surface area contributed by atoms with E-state index < -0.39 is 0 Å². The zero-order valence-electron chi connectivity index (χ0n) is 8.55. The van der Waals surface area contributed by atoms with Gasteiger partial charge >= 0.3 is 0 Å². The van der Waals surface area contributed by atoms with Crippen LogP contribution in [-0.4, -0.2) is 18.2 Å².